The minimum atomic E-state index is -0.970. The Morgan fingerprint density at radius 3 is 2.31 bits per heavy atom. The molecule has 0 saturated heterocycles. The maximum Gasteiger partial charge on any atom is 0.195 e. The first-order valence-electron chi connectivity index (χ1n) is 3.92. The zero-order chi connectivity index (χ0) is 10.0. The van der Waals surface area contributed by atoms with Crippen LogP contribution in [0.1, 0.15) is 21.5 Å². The van der Waals surface area contributed by atoms with Gasteiger partial charge in [-0.25, -0.2) is 0 Å². The Morgan fingerprint density at radius 2 is 1.85 bits per heavy atom. The van der Waals surface area contributed by atoms with Crippen molar-refractivity contribution in [1.82, 2.24) is 0 Å². The molecule has 0 bridgehead atoms. The SMILES string of the molecule is Cc1ccc(C(=O)C(Cl)Cl)cc1C. The molecule has 1 aromatic rings. The minimum Gasteiger partial charge on any atom is -0.291 e. The summed E-state index contributed by atoms with van der Waals surface area (Å²) in [5.74, 6) is -0.244. The van der Waals surface area contributed by atoms with E-state index in [1.54, 1.807) is 12.1 Å². The van der Waals surface area contributed by atoms with Crippen LogP contribution in [-0.4, -0.2) is 10.6 Å². The van der Waals surface area contributed by atoms with E-state index in [1.165, 1.54) is 0 Å². The van der Waals surface area contributed by atoms with Crippen LogP contribution in [0.15, 0.2) is 18.2 Å². The average Bonchev–Trinajstić information content (AvgIpc) is 2.08. The van der Waals surface area contributed by atoms with Gasteiger partial charge in [-0.15, -0.1) is 0 Å². The molecule has 0 atom stereocenters. The van der Waals surface area contributed by atoms with Gasteiger partial charge in [0, 0.05) is 5.56 Å². The highest BCUT2D eigenvalue weighted by Crippen LogP contribution is 2.15. The van der Waals surface area contributed by atoms with E-state index in [1.807, 2.05) is 19.9 Å². The van der Waals surface area contributed by atoms with Crippen molar-refractivity contribution in [2.45, 2.75) is 18.7 Å². The van der Waals surface area contributed by atoms with E-state index in [2.05, 4.69) is 0 Å². The maximum absolute atomic E-state index is 11.3. The van der Waals surface area contributed by atoms with Gasteiger partial charge in [-0.2, -0.15) is 0 Å². The van der Waals surface area contributed by atoms with Crippen LogP contribution in [-0.2, 0) is 0 Å². The van der Waals surface area contributed by atoms with Crippen LogP contribution >= 0.6 is 23.2 Å². The highest BCUT2D eigenvalue weighted by molar-refractivity contribution is 6.55. The van der Waals surface area contributed by atoms with E-state index in [4.69, 9.17) is 23.2 Å². The van der Waals surface area contributed by atoms with Crippen LogP contribution in [0.5, 0.6) is 0 Å². The molecule has 0 aromatic heterocycles. The molecule has 0 radical (unpaired) electrons. The van der Waals surface area contributed by atoms with Crippen molar-refractivity contribution in [1.29, 1.82) is 0 Å². The molecule has 0 aliphatic carbocycles. The number of carbonyl (C=O) groups is 1. The van der Waals surface area contributed by atoms with Gasteiger partial charge >= 0.3 is 0 Å². The first-order chi connectivity index (χ1) is 6.02. The number of hydrogen-bond donors (Lipinski definition) is 0. The Hall–Kier alpha value is -0.530. The van der Waals surface area contributed by atoms with E-state index in [0.29, 0.717) is 5.56 Å². The van der Waals surface area contributed by atoms with E-state index in [-0.39, 0.29) is 5.78 Å². The van der Waals surface area contributed by atoms with Gasteiger partial charge in [0.1, 0.15) is 0 Å². The van der Waals surface area contributed by atoms with Crippen LogP contribution < -0.4 is 0 Å². The van der Waals surface area contributed by atoms with Gasteiger partial charge in [-0.3, -0.25) is 4.79 Å². The van der Waals surface area contributed by atoms with E-state index >= 15 is 0 Å². The highest BCUT2D eigenvalue weighted by Gasteiger charge is 2.14. The summed E-state index contributed by atoms with van der Waals surface area (Å²) in [6.07, 6.45) is 0. The fraction of sp³-hybridized carbons (Fsp3) is 0.300. The molecule has 0 amide bonds. The first kappa shape index (κ1) is 10.6. The smallest absolute Gasteiger partial charge is 0.195 e. The van der Waals surface area contributed by atoms with Crippen LogP contribution in [0.2, 0.25) is 0 Å². The molecule has 1 rings (SSSR count). The molecule has 0 N–H and O–H groups in total. The average molecular weight is 217 g/mol. The molecule has 0 unspecified atom stereocenters. The number of ketones is 1. The summed E-state index contributed by atoms with van der Waals surface area (Å²) in [5.41, 5.74) is 2.79. The Bertz CT molecular complexity index is 332. The molecular formula is C10H10Cl2O. The Morgan fingerprint density at radius 1 is 1.23 bits per heavy atom. The third-order valence-electron chi connectivity index (χ3n) is 1.99. The minimum absolute atomic E-state index is 0.244. The molecule has 0 fully saturated rings. The van der Waals surface area contributed by atoms with Crippen molar-refractivity contribution in [2.24, 2.45) is 0 Å². The number of carbonyl (C=O) groups excluding carboxylic acids is 1. The summed E-state index contributed by atoms with van der Waals surface area (Å²) in [6.45, 7) is 3.94. The first-order valence-corrected chi connectivity index (χ1v) is 4.79. The summed E-state index contributed by atoms with van der Waals surface area (Å²) in [7, 11) is 0. The van der Waals surface area contributed by atoms with Crippen molar-refractivity contribution < 1.29 is 4.79 Å². The highest BCUT2D eigenvalue weighted by atomic mass is 35.5. The maximum atomic E-state index is 11.3. The third kappa shape index (κ3) is 2.45. The second-order valence-electron chi connectivity index (χ2n) is 2.96. The predicted molar refractivity (Wildman–Crippen MR) is 55.7 cm³/mol. The van der Waals surface area contributed by atoms with Gasteiger partial charge in [0.2, 0.25) is 0 Å². The van der Waals surface area contributed by atoms with Crippen LogP contribution in [0, 0.1) is 13.8 Å². The van der Waals surface area contributed by atoms with Crippen molar-refractivity contribution in [3.8, 4) is 0 Å². The molecule has 3 heteroatoms. The summed E-state index contributed by atoms with van der Waals surface area (Å²) >= 11 is 10.9. The summed E-state index contributed by atoms with van der Waals surface area (Å²) in [5, 5.41) is 0. The van der Waals surface area contributed by atoms with Crippen LogP contribution in [0.25, 0.3) is 0 Å². The summed E-state index contributed by atoms with van der Waals surface area (Å²) < 4.78 is 0. The van der Waals surface area contributed by atoms with Crippen molar-refractivity contribution in [3.05, 3.63) is 34.9 Å². The van der Waals surface area contributed by atoms with Gasteiger partial charge in [-0.1, -0.05) is 35.3 Å². The zero-order valence-electron chi connectivity index (χ0n) is 7.47. The molecule has 1 nitrogen and oxygen atoms in total. The number of aryl methyl sites for hydroxylation is 2. The lowest BCUT2D eigenvalue weighted by atomic mass is 10.0. The molecule has 1 aromatic carbocycles. The lowest BCUT2D eigenvalue weighted by molar-refractivity contribution is 0.101. The summed E-state index contributed by atoms with van der Waals surface area (Å²) in [4.78, 5) is 10.4. The lowest BCUT2D eigenvalue weighted by Gasteiger charge is -2.04. The largest absolute Gasteiger partial charge is 0.291 e. The molecule has 0 aliphatic heterocycles. The number of Topliss-reactive ketones (excluding diaryl/α,β-unsaturated/α-hetero) is 1. The molecule has 0 spiro atoms. The van der Waals surface area contributed by atoms with Gasteiger partial charge in [0.05, 0.1) is 0 Å². The second-order valence-corrected chi connectivity index (χ2v) is 4.06. The number of halogens is 2. The Kier molecular flexibility index (Phi) is 3.34. The fourth-order valence-corrected chi connectivity index (χ4v) is 1.27. The van der Waals surface area contributed by atoms with Crippen molar-refractivity contribution in [3.63, 3.8) is 0 Å². The van der Waals surface area contributed by atoms with E-state index < -0.39 is 4.84 Å². The van der Waals surface area contributed by atoms with Gasteiger partial charge in [0.15, 0.2) is 10.6 Å². The third-order valence-corrected chi connectivity index (χ3v) is 2.39. The summed E-state index contributed by atoms with van der Waals surface area (Å²) in [6, 6.07) is 5.43. The second kappa shape index (κ2) is 4.12. The molecule has 0 aliphatic rings. The van der Waals surface area contributed by atoms with Crippen LogP contribution in [0.3, 0.4) is 0 Å². The van der Waals surface area contributed by atoms with E-state index in [9.17, 15) is 4.79 Å². The number of benzene rings is 1. The van der Waals surface area contributed by atoms with Gasteiger partial charge in [0.25, 0.3) is 0 Å². The normalized spacial score (nSPS) is 10.5. The molecule has 70 valence electrons. The Balaban J connectivity index is 3.04. The van der Waals surface area contributed by atoms with Crippen molar-refractivity contribution >= 4 is 29.0 Å². The Labute approximate surface area is 87.7 Å². The number of rotatable bonds is 2. The lowest BCUT2D eigenvalue weighted by Crippen LogP contribution is -2.08. The number of alkyl halides is 2. The number of hydrogen-bond acceptors (Lipinski definition) is 1. The predicted octanol–water partition coefficient (Wildman–Crippen LogP) is 3.29. The topological polar surface area (TPSA) is 17.1 Å². The van der Waals surface area contributed by atoms with Gasteiger partial charge < -0.3 is 0 Å². The molecule has 0 heterocycles. The quantitative estimate of drug-likeness (QED) is 0.548. The molecule has 0 saturated carbocycles. The monoisotopic (exact) mass is 216 g/mol. The standard InChI is InChI=1S/C10H10Cl2O/c1-6-3-4-8(5-7(6)2)9(13)10(11)12/h3-5,10H,1-2H3. The zero-order valence-corrected chi connectivity index (χ0v) is 8.99. The van der Waals surface area contributed by atoms with Gasteiger partial charge in [-0.05, 0) is 31.0 Å². The molecular weight excluding hydrogens is 207 g/mol. The molecule has 13 heavy (non-hydrogen) atoms. The van der Waals surface area contributed by atoms with Crippen molar-refractivity contribution in [2.75, 3.05) is 0 Å². The fourth-order valence-electron chi connectivity index (χ4n) is 1.02. The van der Waals surface area contributed by atoms with E-state index in [0.717, 1.165) is 11.1 Å². The van der Waals surface area contributed by atoms with Crippen LogP contribution in [0.4, 0.5) is 0 Å².